The molecule has 1 N–H and O–H groups in total. The van der Waals surface area contributed by atoms with Crippen LogP contribution in [-0.2, 0) is 6.54 Å². The molecule has 2 heterocycles. The number of anilines is 1. The van der Waals surface area contributed by atoms with Crippen molar-refractivity contribution in [2.75, 3.05) is 11.6 Å². The van der Waals surface area contributed by atoms with Crippen molar-refractivity contribution in [3.8, 4) is 0 Å². The summed E-state index contributed by atoms with van der Waals surface area (Å²) in [4.78, 5) is 8.43. The third kappa shape index (κ3) is 2.43. The van der Waals surface area contributed by atoms with E-state index in [2.05, 4.69) is 19.7 Å². The highest BCUT2D eigenvalue weighted by molar-refractivity contribution is 7.98. The third-order valence-electron chi connectivity index (χ3n) is 1.49. The van der Waals surface area contributed by atoms with Gasteiger partial charge in [0.05, 0.1) is 17.7 Å². The molecule has 0 radical (unpaired) electrons. The Balaban J connectivity index is 1.92. The van der Waals surface area contributed by atoms with Gasteiger partial charge in [-0.05, 0) is 6.26 Å². The predicted molar refractivity (Wildman–Crippen MR) is 61.1 cm³/mol. The molecule has 14 heavy (non-hydrogen) atoms. The molecule has 4 nitrogen and oxygen atoms in total. The van der Waals surface area contributed by atoms with Gasteiger partial charge in [-0.2, -0.15) is 9.36 Å². The minimum atomic E-state index is 0.715. The molecule has 0 aliphatic carbocycles. The maximum Gasteiger partial charge on any atom is 0.203 e. The smallest absolute Gasteiger partial charge is 0.203 e. The summed E-state index contributed by atoms with van der Waals surface area (Å²) >= 11 is 4.52. The minimum Gasteiger partial charge on any atom is -0.355 e. The van der Waals surface area contributed by atoms with E-state index in [9.17, 15) is 0 Å². The summed E-state index contributed by atoms with van der Waals surface area (Å²) in [6.45, 7) is 0.715. The molecular weight excluding hydrogens is 236 g/mol. The van der Waals surface area contributed by atoms with Crippen molar-refractivity contribution in [2.45, 2.75) is 11.7 Å². The first-order chi connectivity index (χ1) is 6.88. The van der Waals surface area contributed by atoms with E-state index in [1.165, 1.54) is 11.5 Å². The third-order valence-corrected chi connectivity index (χ3v) is 3.47. The molecule has 0 amide bonds. The van der Waals surface area contributed by atoms with Crippen molar-refractivity contribution < 1.29 is 0 Å². The van der Waals surface area contributed by atoms with Crippen LogP contribution in [0.25, 0.3) is 0 Å². The predicted octanol–water partition coefficient (Wildman–Crippen LogP) is 2.33. The molecule has 0 atom stereocenters. The van der Waals surface area contributed by atoms with Crippen LogP contribution in [-0.4, -0.2) is 20.6 Å². The van der Waals surface area contributed by atoms with Gasteiger partial charge in [0.2, 0.25) is 10.3 Å². The van der Waals surface area contributed by atoms with Crippen molar-refractivity contribution in [2.24, 2.45) is 0 Å². The zero-order valence-corrected chi connectivity index (χ0v) is 9.88. The molecule has 2 aromatic heterocycles. The summed E-state index contributed by atoms with van der Waals surface area (Å²) in [5, 5.41) is 6.86. The second-order valence-electron chi connectivity index (χ2n) is 2.42. The van der Waals surface area contributed by atoms with Gasteiger partial charge in [-0.3, -0.25) is 0 Å². The molecule has 2 rings (SSSR count). The van der Waals surface area contributed by atoms with Gasteiger partial charge in [0.25, 0.3) is 0 Å². The fourth-order valence-corrected chi connectivity index (χ4v) is 2.53. The van der Waals surface area contributed by atoms with Gasteiger partial charge in [0.1, 0.15) is 0 Å². The number of hydrogen-bond donors (Lipinski definition) is 1. The van der Waals surface area contributed by atoms with Crippen molar-refractivity contribution in [3.05, 3.63) is 16.6 Å². The first-order valence-electron chi connectivity index (χ1n) is 3.87. The van der Waals surface area contributed by atoms with Gasteiger partial charge >= 0.3 is 0 Å². The van der Waals surface area contributed by atoms with Gasteiger partial charge in [0.15, 0.2) is 0 Å². The van der Waals surface area contributed by atoms with E-state index in [4.69, 9.17) is 0 Å². The van der Waals surface area contributed by atoms with Gasteiger partial charge < -0.3 is 5.32 Å². The zero-order valence-electron chi connectivity index (χ0n) is 7.43. The summed E-state index contributed by atoms with van der Waals surface area (Å²) in [6, 6.07) is 0. The molecule has 7 heteroatoms. The van der Waals surface area contributed by atoms with Crippen LogP contribution in [0.3, 0.4) is 0 Å². The summed E-state index contributed by atoms with van der Waals surface area (Å²) < 4.78 is 4.15. The molecule has 2 aromatic rings. The van der Waals surface area contributed by atoms with Gasteiger partial charge in [-0.25, -0.2) is 4.98 Å². The lowest BCUT2D eigenvalue weighted by molar-refractivity contribution is 1.03. The quantitative estimate of drug-likeness (QED) is 0.837. The lowest BCUT2D eigenvalue weighted by Gasteiger charge is -1.96. The van der Waals surface area contributed by atoms with E-state index in [1.54, 1.807) is 23.1 Å². The van der Waals surface area contributed by atoms with E-state index in [0.717, 1.165) is 16.0 Å². The Morgan fingerprint density at radius 2 is 2.50 bits per heavy atom. The number of thioether (sulfide) groups is 1. The van der Waals surface area contributed by atoms with Crippen LogP contribution < -0.4 is 5.32 Å². The molecule has 0 aromatic carbocycles. The topological polar surface area (TPSA) is 50.7 Å². The molecule has 0 unspecified atom stereocenters. The SMILES string of the molecule is CSc1nsc(NCc2cscn2)n1. The molecular formula is C7H8N4S3. The van der Waals surface area contributed by atoms with E-state index in [0.29, 0.717) is 6.54 Å². The lowest BCUT2D eigenvalue weighted by atomic mass is 10.5. The first-order valence-corrected chi connectivity index (χ1v) is 6.81. The van der Waals surface area contributed by atoms with Crippen molar-refractivity contribution in [3.63, 3.8) is 0 Å². The lowest BCUT2D eigenvalue weighted by Crippen LogP contribution is -1.98. The van der Waals surface area contributed by atoms with E-state index in [-0.39, 0.29) is 0 Å². The number of nitrogens with one attached hydrogen (secondary N) is 1. The number of nitrogens with zero attached hydrogens (tertiary/aromatic N) is 3. The Bertz CT molecular complexity index is 383. The standard InChI is InChI=1S/C7H8N4S3/c1-12-7-10-6(14-11-7)8-2-5-3-13-4-9-5/h3-4H,2H2,1H3,(H,8,10,11). The van der Waals surface area contributed by atoms with Gasteiger partial charge in [0, 0.05) is 16.9 Å². The number of hydrogen-bond acceptors (Lipinski definition) is 7. The van der Waals surface area contributed by atoms with Crippen molar-refractivity contribution in [1.29, 1.82) is 0 Å². The zero-order chi connectivity index (χ0) is 9.80. The highest BCUT2D eigenvalue weighted by atomic mass is 32.2. The van der Waals surface area contributed by atoms with Crippen LogP contribution >= 0.6 is 34.6 Å². The molecule has 0 fully saturated rings. The Hall–Kier alpha value is -0.660. The number of thiazole rings is 1. The summed E-state index contributed by atoms with van der Waals surface area (Å²) in [7, 11) is 0. The van der Waals surface area contributed by atoms with Crippen molar-refractivity contribution >= 4 is 39.8 Å². The van der Waals surface area contributed by atoms with E-state index >= 15 is 0 Å². The summed E-state index contributed by atoms with van der Waals surface area (Å²) in [6.07, 6.45) is 1.96. The van der Waals surface area contributed by atoms with Crippen LogP contribution in [0.4, 0.5) is 5.13 Å². The average Bonchev–Trinajstić information content (AvgIpc) is 2.86. The van der Waals surface area contributed by atoms with Crippen LogP contribution in [0.2, 0.25) is 0 Å². The van der Waals surface area contributed by atoms with Crippen LogP contribution in [0.1, 0.15) is 5.69 Å². The molecule has 74 valence electrons. The maximum absolute atomic E-state index is 4.26. The normalized spacial score (nSPS) is 10.4. The largest absolute Gasteiger partial charge is 0.355 e. The summed E-state index contributed by atoms with van der Waals surface area (Å²) in [5.74, 6) is 0. The average molecular weight is 244 g/mol. The van der Waals surface area contributed by atoms with Crippen LogP contribution in [0, 0.1) is 0 Å². The Kier molecular flexibility index (Phi) is 3.33. The second-order valence-corrected chi connectivity index (χ2v) is 4.66. The maximum atomic E-state index is 4.26. The molecule has 0 saturated carbocycles. The highest BCUT2D eigenvalue weighted by Gasteiger charge is 2.02. The fourth-order valence-electron chi connectivity index (χ4n) is 0.856. The molecule has 0 spiro atoms. The number of aromatic nitrogens is 3. The number of rotatable bonds is 4. The summed E-state index contributed by atoms with van der Waals surface area (Å²) in [5.41, 5.74) is 2.86. The molecule has 0 saturated heterocycles. The molecule has 0 aliphatic rings. The second kappa shape index (κ2) is 4.72. The Labute approximate surface area is 94.0 Å². The minimum absolute atomic E-state index is 0.715. The van der Waals surface area contributed by atoms with E-state index in [1.807, 2.05) is 17.1 Å². The van der Waals surface area contributed by atoms with Gasteiger partial charge in [-0.15, -0.1) is 11.3 Å². The Morgan fingerprint density at radius 3 is 3.14 bits per heavy atom. The Morgan fingerprint density at radius 1 is 1.57 bits per heavy atom. The highest BCUT2D eigenvalue weighted by Crippen LogP contribution is 2.18. The van der Waals surface area contributed by atoms with Gasteiger partial charge in [-0.1, -0.05) is 11.8 Å². The monoisotopic (exact) mass is 244 g/mol. The van der Waals surface area contributed by atoms with Crippen molar-refractivity contribution in [1.82, 2.24) is 14.3 Å². The van der Waals surface area contributed by atoms with Crippen LogP contribution in [0.5, 0.6) is 0 Å². The van der Waals surface area contributed by atoms with E-state index < -0.39 is 0 Å². The van der Waals surface area contributed by atoms with Crippen LogP contribution in [0.15, 0.2) is 16.0 Å². The first kappa shape index (κ1) is 9.88. The molecule has 0 aliphatic heterocycles. The fraction of sp³-hybridized carbons (Fsp3) is 0.286. The molecule has 0 bridgehead atoms.